The molecule has 0 amide bonds. The highest BCUT2D eigenvalue weighted by Crippen LogP contribution is 2.24. The average molecular weight is 282 g/mol. The van der Waals surface area contributed by atoms with Crippen molar-refractivity contribution >= 4 is 17.4 Å². The van der Waals surface area contributed by atoms with Crippen LogP contribution in [0.5, 0.6) is 0 Å². The highest BCUT2D eigenvalue weighted by atomic mass is 35.5. The van der Waals surface area contributed by atoms with Gasteiger partial charge >= 0.3 is 0 Å². The van der Waals surface area contributed by atoms with Crippen LogP contribution in [-0.2, 0) is 6.54 Å². The highest BCUT2D eigenvalue weighted by Gasteiger charge is 2.22. The standard InChI is InChI=1S/C15H24ClN3/c1-4-17-15-6-5-13(16)14(18-15)10-19-8-11(2)7-12(3)9-19/h5-6,11-12H,4,7-10H2,1-3H3,(H,17,18). The molecule has 2 unspecified atom stereocenters. The van der Waals surface area contributed by atoms with Gasteiger partial charge in [-0.2, -0.15) is 0 Å². The molecule has 1 fully saturated rings. The fourth-order valence-corrected chi connectivity index (χ4v) is 3.17. The topological polar surface area (TPSA) is 28.2 Å². The largest absolute Gasteiger partial charge is 0.370 e. The molecule has 2 atom stereocenters. The van der Waals surface area contributed by atoms with Crippen LogP contribution in [0, 0.1) is 11.8 Å². The number of aromatic nitrogens is 1. The molecular weight excluding hydrogens is 258 g/mol. The molecule has 0 bridgehead atoms. The van der Waals surface area contributed by atoms with E-state index in [-0.39, 0.29) is 0 Å². The van der Waals surface area contributed by atoms with Gasteiger partial charge in [0.2, 0.25) is 0 Å². The van der Waals surface area contributed by atoms with Gasteiger partial charge in [-0.15, -0.1) is 0 Å². The molecule has 3 nitrogen and oxygen atoms in total. The van der Waals surface area contributed by atoms with Gasteiger partial charge < -0.3 is 5.32 Å². The van der Waals surface area contributed by atoms with Crippen LogP contribution in [0.15, 0.2) is 12.1 Å². The lowest BCUT2D eigenvalue weighted by molar-refractivity contribution is 0.133. The second-order valence-electron chi connectivity index (χ2n) is 5.80. The van der Waals surface area contributed by atoms with Gasteiger partial charge in [-0.3, -0.25) is 4.90 Å². The molecule has 19 heavy (non-hydrogen) atoms. The van der Waals surface area contributed by atoms with Crippen LogP contribution >= 0.6 is 11.6 Å². The summed E-state index contributed by atoms with van der Waals surface area (Å²) >= 11 is 6.27. The van der Waals surface area contributed by atoms with Crippen LogP contribution in [0.25, 0.3) is 0 Å². The summed E-state index contributed by atoms with van der Waals surface area (Å²) in [7, 11) is 0. The summed E-state index contributed by atoms with van der Waals surface area (Å²) in [5.74, 6) is 2.44. The van der Waals surface area contributed by atoms with Gasteiger partial charge in [0.15, 0.2) is 0 Å². The van der Waals surface area contributed by atoms with Crippen molar-refractivity contribution < 1.29 is 0 Å². The zero-order chi connectivity index (χ0) is 13.8. The maximum absolute atomic E-state index is 6.27. The number of nitrogens with one attached hydrogen (secondary N) is 1. The first-order chi connectivity index (χ1) is 9.08. The first-order valence-electron chi connectivity index (χ1n) is 7.20. The Morgan fingerprint density at radius 2 is 2.00 bits per heavy atom. The second-order valence-corrected chi connectivity index (χ2v) is 6.20. The monoisotopic (exact) mass is 281 g/mol. The third kappa shape index (κ3) is 4.08. The van der Waals surface area contributed by atoms with E-state index in [1.54, 1.807) is 0 Å². The van der Waals surface area contributed by atoms with Gasteiger partial charge in [0.1, 0.15) is 5.82 Å². The Hall–Kier alpha value is -0.800. The first-order valence-corrected chi connectivity index (χ1v) is 7.58. The van der Waals surface area contributed by atoms with E-state index in [1.165, 1.54) is 6.42 Å². The number of piperidine rings is 1. The van der Waals surface area contributed by atoms with Crippen molar-refractivity contribution in [3.63, 3.8) is 0 Å². The number of rotatable bonds is 4. The molecule has 0 aliphatic carbocycles. The predicted molar refractivity (Wildman–Crippen MR) is 81.6 cm³/mol. The van der Waals surface area contributed by atoms with E-state index < -0.39 is 0 Å². The average Bonchev–Trinajstić information content (AvgIpc) is 2.32. The molecule has 4 heteroatoms. The molecule has 1 aliphatic heterocycles. The molecule has 0 aromatic carbocycles. The van der Waals surface area contributed by atoms with Crippen molar-refractivity contribution in [3.05, 3.63) is 22.8 Å². The first kappa shape index (κ1) is 14.6. The Balaban J connectivity index is 2.07. The fraction of sp³-hybridized carbons (Fsp3) is 0.667. The van der Waals surface area contributed by atoms with E-state index in [1.807, 2.05) is 12.1 Å². The van der Waals surface area contributed by atoms with Crippen molar-refractivity contribution in [2.75, 3.05) is 25.0 Å². The molecule has 1 aliphatic rings. The van der Waals surface area contributed by atoms with Crippen molar-refractivity contribution in [1.82, 2.24) is 9.88 Å². The molecule has 1 aromatic rings. The van der Waals surface area contributed by atoms with Gasteiger partial charge in [-0.25, -0.2) is 4.98 Å². The number of hydrogen-bond donors (Lipinski definition) is 1. The summed E-state index contributed by atoms with van der Waals surface area (Å²) in [6.45, 7) is 10.8. The summed E-state index contributed by atoms with van der Waals surface area (Å²) in [5, 5.41) is 4.01. The maximum Gasteiger partial charge on any atom is 0.126 e. The summed E-state index contributed by atoms with van der Waals surface area (Å²) in [6.07, 6.45) is 1.33. The SMILES string of the molecule is CCNc1ccc(Cl)c(CN2CC(C)CC(C)C2)n1. The minimum atomic E-state index is 0.763. The molecule has 2 heterocycles. The number of pyridine rings is 1. The molecule has 0 saturated carbocycles. The normalized spacial score (nSPS) is 24.4. The molecule has 1 aromatic heterocycles. The third-order valence-electron chi connectivity index (χ3n) is 3.59. The number of halogens is 1. The number of nitrogens with zero attached hydrogens (tertiary/aromatic N) is 2. The maximum atomic E-state index is 6.27. The second kappa shape index (κ2) is 6.58. The van der Waals surface area contributed by atoms with E-state index in [4.69, 9.17) is 11.6 Å². The lowest BCUT2D eigenvalue weighted by atomic mass is 9.92. The van der Waals surface area contributed by atoms with Gasteiger partial charge in [0.05, 0.1) is 10.7 Å². The van der Waals surface area contributed by atoms with Crippen LogP contribution in [-0.4, -0.2) is 29.5 Å². The molecule has 0 spiro atoms. The van der Waals surface area contributed by atoms with Crippen LogP contribution in [0.4, 0.5) is 5.82 Å². The van der Waals surface area contributed by atoms with E-state index in [2.05, 4.69) is 36.0 Å². The molecule has 2 rings (SSSR count). The summed E-state index contributed by atoms with van der Waals surface area (Å²) in [5.41, 5.74) is 0.987. The van der Waals surface area contributed by atoms with Crippen molar-refractivity contribution in [3.8, 4) is 0 Å². The van der Waals surface area contributed by atoms with Crippen LogP contribution < -0.4 is 5.32 Å². The van der Waals surface area contributed by atoms with Gasteiger partial charge in [0, 0.05) is 26.2 Å². The van der Waals surface area contributed by atoms with Gasteiger partial charge in [-0.05, 0) is 37.3 Å². The summed E-state index contributed by atoms with van der Waals surface area (Å²) < 4.78 is 0. The Kier molecular flexibility index (Phi) is 5.06. The third-order valence-corrected chi connectivity index (χ3v) is 3.94. The molecular formula is C15H24ClN3. The van der Waals surface area contributed by atoms with Crippen LogP contribution in [0.1, 0.15) is 32.9 Å². The van der Waals surface area contributed by atoms with Gasteiger partial charge in [-0.1, -0.05) is 25.4 Å². The molecule has 106 valence electrons. The quantitative estimate of drug-likeness (QED) is 0.913. The predicted octanol–water partition coefficient (Wildman–Crippen LogP) is 3.64. The van der Waals surface area contributed by atoms with Crippen molar-refractivity contribution in [1.29, 1.82) is 0 Å². The smallest absolute Gasteiger partial charge is 0.126 e. The molecule has 1 N–H and O–H groups in total. The number of anilines is 1. The summed E-state index contributed by atoms with van der Waals surface area (Å²) in [4.78, 5) is 7.10. The molecule has 1 saturated heterocycles. The highest BCUT2D eigenvalue weighted by molar-refractivity contribution is 6.31. The Morgan fingerprint density at radius 1 is 1.32 bits per heavy atom. The zero-order valence-corrected chi connectivity index (χ0v) is 12.9. The zero-order valence-electron chi connectivity index (χ0n) is 12.1. The fourth-order valence-electron chi connectivity index (χ4n) is 3.01. The van der Waals surface area contributed by atoms with Crippen molar-refractivity contribution in [2.45, 2.75) is 33.7 Å². The number of hydrogen-bond acceptors (Lipinski definition) is 3. The van der Waals surface area contributed by atoms with Crippen LogP contribution in [0.3, 0.4) is 0 Å². The van der Waals surface area contributed by atoms with E-state index in [0.29, 0.717) is 0 Å². The Morgan fingerprint density at radius 3 is 2.63 bits per heavy atom. The summed E-state index contributed by atoms with van der Waals surface area (Å²) in [6, 6.07) is 3.88. The van der Waals surface area contributed by atoms with Gasteiger partial charge in [0.25, 0.3) is 0 Å². The Bertz CT molecular complexity index is 412. The van der Waals surface area contributed by atoms with E-state index in [0.717, 1.165) is 54.5 Å². The van der Waals surface area contributed by atoms with Crippen LogP contribution in [0.2, 0.25) is 5.02 Å². The van der Waals surface area contributed by atoms with E-state index >= 15 is 0 Å². The lowest BCUT2D eigenvalue weighted by Gasteiger charge is -2.34. The van der Waals surface area contributed by atoms with E-state index in [9.17, 15) is 0 Å². The lowest BCUT2D eigenvalue weighted by Crippen LogP contribution is -2.38. The minimum absolute atomic E-state index is 0.763. The number of likely N-dealkylation sites (tertiary alicyclic amines) is 1. The van der Waals surface area contributed by atoms with Crippen molar-refractivity contribution in [2.24, 2.45) is 11.8 Å². The Labute approximate surface area is 121 Å². The molecule has 0 radical (unpaired) electrons. The minimum Gasteiger partial charge on any atom is -0.370 e.